The Hall–Kier alpha value is -1.19. The van der Waals surface area contributed by atoms with Crippen molar-refractivity contribution in [3.63, 3.8) is 0 Å². The van der Waals surface area contributed by atoms with E-state index in [4.69, 9.17) is 0 Å². The lowest BCUT2D eigenvalue weighted by Crippen LogP contribution is -2.61. The molecule has 152 valence electrons. The van der Waals surface area contributed by atoms with Gasteiger partial charge in [0.2, 0.25) is 0 Å². The molecule has 1 saturated carbocycles. The molecule has 1 fully saturated rings. The van der Waals surface area contributed by atoms with Crippen LogP contribution >= 0.6 is 0 Å². The van der Waals surface area contributed by atoms with Crippen LogP contribution in [0.2, 0.25) is 0 Å². The molecule has 1 nitrogen and oxygen atoms in total. The minimum Gasteiger partial charge on any atom is -0.373 e. The molecule has 0 aliphatic heterocycles. The summed E-state index contributed by atoms with van der Waals surface area (Å²) in [4.78, 5) is 0. The van der Waals surface area contributed by atoms with Crippen molar-refractivity contribution in [3.8, 4) is 0 Å². The molecular weight excluding hydrogens is 379 g/mol. The standard InChI is InChI=1S/C16H19F9O/c17-12(13(18)19)9-11(8-4-7-10-5-2-1-3-6-10)14(26,15(20,21)22)16(23,24)25/h4,7,10-11,26H,1-3,5-6,8-9H2/b7-4+. The van der Waals surface area contributed by atoms with Gasteiger partial charge in [-0.1, -0.05) is 31.4 Å². The first-order chi connectivity index (χ1) is 11.8. The highest BCUT2D eigenvalue weighted by molar-refractivity contribution is 5.07. The maximum absolute atomic E-state index is 13.1. The van der Waals surface area contributed by atoms with Gasteiger partial charge in [0.15, 0.2) is 5.83 Å². The molecule has 1 unspecified atom stereocenters. The molecule has 26 heavy (non-hydrogen) atoms. The van der Waals surface area contributed by atoms with Crippen molar-refractivity contribution >= 4 is 0 Å². The molecule has 0 heterocycles. The molecule has 0 aromatic rings. The van der Waals surface area contributed by atoms with Crippen LogP contribution in [0.4, 0.5) is 39.5 Å². The van der Waals surface area contributed by atoms with E-state index in [1.165, 1.54) is 6.08 Å². The Morgan fingerprint density at radius 2 is 1.42 bits per heavy atom. The Labute approximate surface area is 144 Å². The normalized spacial score (nSPS) is 19.0. The van der Waals surface area contributed by atoms with E-state index in [1.54, 1.807) is 0 Å². The van der Waals surface area contributed by atoms with Crippen molar-refractivity contribution in [1.82, 2.24) is 0 Å². The summed E-state index contributed by atoms with van der Waals surface area (Å²) in [6, 6.07) is 0. The first-order valence-corrected chi connectivity index (χ1v) is 8.02. The molecule has 0 radical (unpaired) electrons. The predicted molar refractivity (Wildman–Crippen MR) is 75.8 cm³/mol. The average Bonchev–Trinajstić information content (AvgIpc) is 2.51. The number of halogens is 9. The van der Waals surface area contributed by atoms with Gasteiger partial charge >= 0.3 is 18.4 Å². The molecule has 0 bridgehead atoms. The van der Waals surface area contributed by atoms with E-state index in [1.807, 2.05) is 0 Å². The van der Waals surface area contributed by atoms with Crippen LogP contribution in [0.25, 0.3) is 0 Å². The minimum absolute atomic E-state index is 0.0485. The van der Waals surface area contributed by atoms with E-state index in [0.29, 0.717) is 12.8 Å². The van der Waals surface area contributed by atoms with Gasteiger partial charge in [-0.25, -0.2) is 4.39 Å². The van der Waals surface area contributed by atoms with Crippen LogP contribution in [-0.4, -0.2) is 23.1 Å². The second-order valence-corrected chi connectivity index (χ2v) is 6.39. The molecule has 1 aliphatic carbocycles. The monoisotopic (exact) mass is 398 g/mol. The summed E-state index contributed by atoms with van der Waals surface area (Å²) in [5.74, 6) is -5.33. The highest BCUT2D eigenvalue weighted by atomic mass is 19.4. The van der Waals surface area contributed by atoms with Gasteiger partial charge in [-0.3, -0.25) is 0 Å². The Bertz CT molecular complexity index is 495. The molecule has 1 rings (SSSR count). The smallest absolute Gasteiger partial charge is 0.373 e. The fourth-order valence-electron chi connectivity index (χ4n) is 3.08. The summed E-state index contributed by atoms with van der Waals surface area (Å²) >= 11 is 0. The fraction of sp³-hybridized carbons (Fsp3) is 0.750. The number of aliphatic hydroxyl groups is 1. The Kier molecular flexibility index (Phi) is 7.62. The second-order valence-electron chi connectivity index (χ2n) is 6.39. The van der Waals surface area contributed by atoms with E-state index in [2.05, 4.69) is 0 Å². The first kappa shape index (κ1) is 22.9. The van der Waals surface area contributed by atoms with Gasteiger partial charge in [-0.2, -0.15) is 35.1 Å². The highest BCUT2D eigenvalue weighted by Crippen LogP contribution is 2.50. The summed E-state index contributed by atoms with van der Waals surface area (Å²) < 4.78 is 115. The largest absolute Gasteiger partial charge is 0.426 e. The van der Waals surface area contributed by atoms with Crippen molar-refractivity contribution in [2.24, 2.45) is 11.8 Å². The fourth-order valence-corrected chi connectivity index (χ4v) is 3.08. The molecule has 0 spiro atoms. The third kappa shape index (κ3) is 5.40. The highest BCUT2D eigenvalue weighted by Gasteiger charge is 2.73. The van der Waals surface area contributed by atoms with Crippen LogP contribution in [0.1, 0.15) is 44.9 Å². The van der Waals surface area contributed by atoms with Gasteiger partial charge in [-0.05, 0) is 25.2 Å². The lowest BCUT2D eigenvalue weighted by Gasteiger charge is -2.38. The van der Waals surface area contributed by atoms with Gasteiger partial charge in [0.25, 0.3) is 5.60 Å². The van der Waals surface area contributed by atoms with E-state index >= 15 is 0 Å². The zero-order chi connectivity index (χ0) is 20.2. The topological polar surface area (TPSA) is 20.2 Å². The molecule has 0 amide bonds. The zero-order valence-corrected chi connectivity index (χ0v) is 13.6. The number of allylic oxidation sites excluding steroid dienone is 3. The molecule has 0 saturated heterocycles. The van der Waals surface area contributed by atoms with Crippen LogP contribution in [-0.2, 0) is 0 Å². The Morgan fingerprint density at radius 1 is 0.923 bits per heavy atom. The van der Waals surface area contributed by atoms with Gasteiger partial charge in [-0.15, -0.1) is 0 Å². The lowest BCUT2D eigenvalue weighted by molar-refractivity contribution is -0.384. The van der Waals surface area contributed by atoms with Gasteiger partial charge in [0.05, 0.1) is 0 Å². The van der Waals surface area contributed by atoms with E-state index in [9.17, 15) is 44.6 Å². The summed E-state index contributed by atoms with van der Waals surface area (Å²) in [7, 11) is 0. The summed E-state index contributed by atoms with van der Waals surface area (Å²) in [5, 5.41) is 9.39. The van der Waals surface area contributed by atoms with Gasteiger partial charge in [0, 0.05) is 12.3 Å². The SMILES string of the molecule is OC(C(C/C=C/C1CCCCC1)CC(F)=C(F)F)(C(F)(F)F)C(F)(F)F. The van der Waals surface area contributed by atoms with Crippen molar-refractivity contribution < 1.29 is 44.6 Å². The maximum atomic E-state index is 13.1. The van der Waals surface area contributed by atoms with E-state index in [0.717, 1.165) is 25.3 Å². The van der Waals surface area contributed by atoms with Crippen LogP contribution in [0.3, 0.4) is 0 Å². The molecule has 0 aromatic heterocycles. The van der Waals surface area contributed by atoms with Crippen LogP contribution in [0.5, 0.6) is 0 Å². The number of hydrogen-bond donors (Lipinski definition) is 1. The summed E-state index contributed by atoms with van der Waals surface area (Å²) in [6.07, 6.45) is -11.9. The number of hydrogen-bond acceptors (Lipinski definition) is 1. The first-order valence-electron chi connectivity index (χ1n) is 8.02. The summed E-state index contributed by atoms with van der Waals surface area (Å²) in [6.45, 7) is 0. The third-order valence-corrected chi connectivity index (χ3v) is 4.56. The quantitative estimate of drug-likeness (QED) is 0.403. The maximum Gasteiger partial charge on any atom is 0.426 e. The van der Waals surface area contributed by atoms with Gasteiger partial charge < -0.3 is 5.11 Å². The summed E-state index contributed by atoms with van der Waals surface area (Å²) in [5.41, 5.74) is -5.30. The van der Waals surface area contributed by atoms with Gasteiger partial charge in [0.1, 0.15) is 0 Å². The van der Waals surface area contributed by atoms with E-state index < -0.39 is 48.6 Å². The molecule has 1 atom stereocenters. The van der Waals surface area contributed by atoms with Crippen molar-refractivity contribution in [3.05, 3.63) is 24.1 Å². The molecule has 0 aromatic carbocycles. The van der Waals surface area contributed by atoms with Crippen LogP contribution < -0.4 is 0 Å². The molecule has 10 heteroatoms. The molecule has 1 aliphatic rings. The predicted octanol–water partition coefficient (Wildman–Crippen LogP) is 6.45. The van der Waals surface area contributed by atoms with Crippen molar-refractivity contribution in [2.45, 2.75) is 62.9 Å². The minimum atomic E-state index is -6.21. The van der Waals surface area contributed by atoms with Crippen LogP contribution in [0.15, 0.2) is 24.1 Å². The zero-order valence-electron chi connectivity index (χ0n) is 13.6. The van der Waals surface area contributed by atoms with Crippen molar-refractivity contribution in [2.75, 3.05) is 0 Å². The molecular formula is C16H19F9O. The average molecular weight is 398 g/mol. The second kappa shape index (κ2) is 8.67. The Morgan fingerprint density at radius 3 is 1.85 bits per heavy atom. The number of rotatable bonds is 6. The lowest BCUT2D eigenvalue weighted by atomic mass is 9.80. The van der Waals surface area contributed by atoms with Crippen molar-refractivity contribution in [1.29, 1.82) is 0 Å². The Balaban J connectivity index is 3.13. The van der Waals surface area contributed by atoms with Crippen LogP contribution in [0, 0.1) is 11.8 Å². The van der Waals surface area contributed by atoms with E-state index in [-0.39, 0.29) is 5.92 Å². The molecule has 1 N–H and O–H groups in total. The third-order valence-electron chi connectivity index (χ3n) is 4.56. The number of alkyl halides is 6.